The van der Waals surface area contributed by atoms with Gasteiger partial charge in [0.05, 0.1) is 16.7 Å². The molecule has 1 unspecified atom stereocenters. The Morgan fingerprint density at radius 3 is 1.62 bits per heavy atom. The SMILES string of the molecule is c1ccc(C2=NC(c3ccccc3)NC(c3ccc4c(c3)oc3c(-n5c6cc(-c7ccccc7)ccc6c6ccc(-c7ccccc7)cc65)cccc34)=N2)cc1. The molecule has 5 heteroatoms. The van der Waals surface area contributed by atoms with Crippen molar-refractivity contribution in [3.63, 3.8) is 0 Å². The van der Waals surface area contributed by atoms with Crippen molar-refractivity contribution in [3.05, 3.63) is 211 Å². The minimum atomic E-state index is -0.284. The van der Waals surface area contributed by atoms with Crippen molar-refractivity contribution in [2.24, 2.45) is 9.98 Å². The van der Waals surface area contributed by atoms with Crippen LogP contribution in [0.5, 0.6) is 0 Å². The second-order valence-corrected chi connectivity index (χ2v) is 14.2. The molecule has 56 heavy (non-hydrogen) atoms. The molecule has 0 fully saturated rings. The highest BCUT2D eigenvalue weighted by atomic mass is 16.3. The lowest BCUT2D eigenvalue weighted by Gasteiger charge is -2.23. The monoisotopic (exact) mass is 718 g/mol. The quantitative estimate of drug-likeness (QED) is 0.186. The third-order valence-corrected chi connectivity index (χ3v) is 10.9. The molecule has 3 heterocycles. The number of aliphatic imine (C=N–C) groups is 2. The van der Waals surface area contributed by atoms with E-state index in [0.717, 1.165) is 61.2 Å². The van der Waals surface area contributed by atoms with E-state index >= 15 is 0 Å². The lowest BCUT2D eigenvalue weighted by atomic mass is 10.0. The Bertz CT molecular complexity index is 3050. The molecule has 0 spiro atoms. The van der Waals surface area contributed by atoms with Gasteiger partial charge in [0.15, 0.2) is 11.4 Å². The predicted octanol–water partition coefficient (Wildman–Crippen LogP) is 12.5. The molecule has 1 N–H and O–H groups in total. The number of rotatable bonds is 6. The Labute approximate surface area is 323 Å². The Morgan fingerprint density at radius 1 is 0.446 bits per heavy atom. The first-order valence-electron chi connectivity index (χ1n) is 18.9. The number of amidine groups is 2. The average Bonchev–Trinajstić information content (AvgIpc) is 3.82. The molecule has 10 aromatic rings. The molecular weight excluding hydrogens is 685 g/mol. The molecule has 0 saturated heterocycles. The molecule has 1 aliphatic rings. The van der Waals surface area contributed by atoms with Gasteiger partial charge in [-0.1, -0.05) is 164 Å². The molecule has 264 valence electrons. The van der Waals surface area contributed by atoms with E-state index in [2.05, 4.69) is 168 Å². The maximum absolute atomic E-state index is 6.96. The van der Waals surface area contributed by atoms with Crippen molar-refractivity contribution < 1.29 is 4.42 Å². The van der Waals surface area contributed by atoms with Gasteiger partial charge < -0.3 is 14.3 Å². The Kier molecular flexibility index (Phi) is 7.49. The first-order valence-corrected chi connectivity index (χ1v) is 18.9. The van der Waals surface area contributed by atoms with Gasteiger partial charge in [-0.25, -0.2) is 9.98 Å². The van der Waals surface area contributed by atoms with Crippen molar-refractivity contribution in [2.45, 2.75) is 6.17 Å². The summed E-state index contributed by atoms with van der Waals surface area (Å²) >= 11 is 0. The number of aromatic nitrogens is 1. The molecular formula is C51H34N4O. The number of benzene rings is 8. The minimum absolute atomic E-state index is 0.284. The van der Waals surface area contributed by atoms with Crippen molar-refractivity contribution in [1.82, 2.24) is 9.88 Å². The van der Waals surface area contributed by atoms with E-state index in [4.69, 9.17) is 14.4 Å². The number of hydrogen-bond donors (Lipinski definition) is 1. The highest BCUT2D eigenvalue weighted by Crippen LogP contribution is 2.41. The molecule has 11 rings (SSSR count). The van der Waals surface area contributed by atoms with E-state index in [1.165, 1.54) is 33.0 Å². The molecule has 8 aromatic carbocycles. The standard InChI is InChI=1S/C51H34N4O/c1-5-14-33(15-6-1)37-24-27-40-41-28-25-38(34-16-7-2-8-17-34)31-46(41)55(45(40)30-37)44-23-13-22-43-42-29-26-39(32-47(42)56-48(43)44)51-53-49(35-18-9-3-10-19-35)52-50(54-51)36-20-11-4-12-21-36/h1-32,49H,(H,52,53,54). The summed E-state index contributed by atoms with van der Waals surface area (Å²) in [7, 11) is 0. The zero-order valence-corrected chi connectivity index (χ0v) is 30.3. The summed E-state index contributed by atoms with van der Waals surface area (Å²) in [4.78, 5) is 10.1. The minimum Gasteiger partial charge on any atom is -0.454 e. The van der Waals surface area contributed by atoms with Gasteiger partial charge >= 0.3 is 0 Å². The number of furan rings is 1. The van der Waals surface area contributed by atoms with Crippen LogP contribution < -0.4 is 5.32 Å². The van der Waals surface area contributed by atoms with Crippen LogP contribution in [0.4, 0.5) is 0 Å². The van der Waals surface area contributed by atoms with Crippen LogP contribution in [0.3, 0.4) is 0 Å². The van der Waals surface area contributed by atoms with Gasteiger partial charge in [-0.3, -0.25) is 0 Å². The van der Waals surface area contributed by atoms with Crippen LogP contribution in [0.25, 0.3) is 71.7 Å². The normalized spacial score (nSPS) is 14.2. The lowest BCUT2D eigenvalue weighted by Crippen LogP contribution is -2.33. The summed E-state index contributed by atoms with van der Waals surface area (Å²) < 4.78 is 9.34. The zero-order chi connectivity index (χ0) is 37.0. The van der Waals surface area contributed by atoms with Crippen LogP contribution in [-0.4, -0.2) is 16.2 Å². The van der Waals surface area contributed by atoms with Crippen LogP contribution in [0.15, 0.2) is 209 Å². The van der Waals surface area contributed by atoms with E-state index in [1.807, 2.05) is 36.4 Å². The summed E-state index contributed by atoms with van der Waals surface area (Å²) in [5, 5.41) is 8.11. The third-order valence-electron chi connectivity index (χ3n) is 10.9. The predicted molar refractivity (Wildman–Crippen MR) is 231 cm³/mol. The maximum Gasteiger partial charge on any atom is 0.159 e. The number of hydrogen-bond acceptors (Lipinski definition) is 4. The summed E-state index contributed by atoms with van der Waals surface area (Å²) in [6.07, 6.45) is -0.284. The molecule has 0 radical (unpaired) electrons. The van der Waals surface area contributed by atoms with Crippen LogP contribution in [0, 0.1) is 0 Å². The van der Waals surface area contributed by atoms with Crippen molar-refractivity contribution >= 4 is 55.4 Å². The second-order valence-electron chi connectivity index (χ2n) is 14.2. The molecule has 0 aliphatic carbocycles. The molecule has 2 aromatic heterocycles. The molecule has 0 saturated carbocycles. The zero-order valence-electron chi connectivity index (χ0n) is 30.3. The van der Waals surface area contributed by atoms with Crippen LogP contribution in [-0.2, 0) is 0 Å². The van der Waals surface area contributed by atoms with Crippen LogP contribution >= 0.6 is 0 Å². The molecule has 1 atom stereocenters. The lowest BCUT2D eigenvalue weighted by molar-refractivity contribution is 0.664. The molecule has 0 bridgehead atoms. The molecule has 5 nitrogen and oxygen atoms in total. The first-order chi connectivity index (χ1) is 27.7. The van der Waals surface area contributed by atoms with Gasteiger partial charge in [-0.15, -0.1) is 0 Å². The Hall–Kier alpha value is -7.50. The number of para-hydroxylation sites is 1. The van der Waals surface area contributed by atoms with Gasteiger partial charge in [-0.05, 0) is 58.1 Å². The van der Waals surface area contributed by atoms with Crippen molar-refractivity contribution in [2.75, 3.05) is 0 Å². The van der Waals surface area contributed by atoms with Gasteiger partial charge in [0.1, 0.15) is 17.6 Å². The second kappa shape index (κ2) is 13.1. The third kappa shape index (κ3) is 5.40. The summed E-state index contributed by atoms with van der Waals surface area (Å²) in [5.74, 6) is 1.44. The van der Waals surface area contributed by atoms with Gasteiger partial charge in [-0.2, -0.15) is 0 Å². The first kappa shape index (κ1) is 32.0. The fourth-order valence-corrected chi connectivity index (χ4v) is 8.12. The smallest absolute Gasteiger partial charge is 0.159 e. The van der Waals surface area contributed by atoms with Gasteiger partial charge in [0.2, 0.25) is 0 Å². The van der Waals surface area contributed by atoms with E-state index < -0.39 is 0 Å². The molecule has 0 amide bonds. The summed E-state index contributed by atoms with van der Waals surface area (Å²) in [5.41, 5.74) is 12.5. The van der Waals surface area contributed by atoms with Crippen molar-refractivity contribution in [3.8, 4) is 27.9 Å². The van der Waals surface area contributed by atoms with Gasteiger partial charge in [0, 0.05) is 32.7 Å². The summed E-state index contributed by atoms with van der Waals surface area (Å²) in [6.45, 7) is 0. The summed E-state index contributed by atoms with van der Waals surface area (Å²) in [6, 6.07) is 68.1. The van der Waals surface area contributed by atoms with E-state index in [-0.39, 0.29) is 6.17 Å². The van der Waals surface area contributed by atoms with Crippen molar-refractivity contribution in [1.29, 1.82) is 0 Å². The average molecular weight is 719 g/mol. The topological polar surface area (TPSA) is 54.8 Å². The van der Waals surface area contributed by atoms with Gasteiger partial charge in [0.25, 0.3) is 0 Å². The fraction of sp³-hybridized carbons (Fsp3) is 0.0196. The number of nitrogens with zero attached hydrogens (tertiary/aromatic N) is 3. The van der Waals surface area contributed by atoms with E-state index in [9.17, 15) is 0 Å². The fourth-order valence-electron chi connectivity index (χ4n) is 8.12. The largest absolute Gasteiger partial charge is 0.454 e. The number of fused-ring (bicyclic) bond motifs is 6. The Morgan fingerprint density at radius 2 is 1.00 bits per heavy atom. The maximum atomic E-state index is 6.96. The number of nitrogens with one attached hydrogen (secondary N) is 1. The highest BCUT2D eigenvalue weighted by Gasteiger charge is 2.23. The Balaban J connectivity index is 1.10. The van der Waals surface area contributed by atoms with Crippen LogP contribution in [0.2, 0.25) is 0 Å². The van der Waals surface area contributed by atoms with E-state index in [1.54, 1.807) is 0 Å². The highest BCUT2D eigenvalue weighted by molar-refractivity contribution is 6.16. The van der Waals surface area contributed by atoms with E-state index in [0.29, 0.717) is 5.84 Å². The van der Waals surface area contributed by atoms with Crippen LogP contribution in [0.1, 0.15) is 22.9 Å². The molecule has 1 aliphatic heterocycles.